The first-order valence-corrected chi connectivity index (χ1v) is 4.58. The van der Waals surface area contributed by atoms with Crippen molar-refractivity contribution in [2.45, 2.75) is 26.2 Å². The summed E-state index contributed by atoms with van der Waals surface area (Å²) in [7, 11) is 0. The Balaban J connectivity index is 3.20. The van der Waals surface area contributed by atoms with Gasteiger partial charge < -0.3 is 0 Å². The monoisotopic (exact) mass is 196 g/mol. The molecule has 0 aromatic heterocycles. The highest BCUT2D eigenvalue weighted by Gasteiger charge is 2.16. The molecule has 1 rings (SSSR count). The summed E-state index contributed by atoms with van der Waals surface area (Å²) in [4.78, 5) is 10.5. The predicted octanol–water partition coefficient (Wildman–Crippen LogP) is 3.45. The van der Waals surface area contributed by atoms with E-state index in [0.717, 1.165) is 11.8 Å². The van der Waals surface area contributed by atoms with Gasteiger partial charge in [0.1, 0.15) is 6.29 Å². The molecule has 0 heterocycles. The van der Waals surface area contributed by atoms with Crippen molar-refractivity contribution >= 4 is 17.9 Å². The minimum absolute atomic E-state index is 0.0263. The van der Waals surface area contributed by atoms with Crippen LogP contribution < -0.4 is 0 Å². The van der Waals surface area contributed by atoms with E-state index in [1.165, 1.54) is 0 Å². The van der Waals surface area contributed by atoms with E-state index in [1.807, 2.05) is 6.07 Å². The summed E-state index contributed by atoms with van der Waals surface area (Å²) in [6, 6.07) is 5.40. The van der Waals surface area contributed by atoms with Crippen LogP contribution in [0.25, 0.3) is 0 Å². The average molecular weight is 197 g/mol. The molecule has 0 bridgehead atoms. The standard InChI is InChI=1S/C11H13ClO/c1-11(2,3)9-5-4-8(7-13)6-10(9)12/h4-7H,1-3H3. The van der Waals surface area contributed by atoms with Crippen LogP contribution in [0.3, 0.4) is 0 Å². The first kappa shape index (κ1) is 10.3. The lowest BCUT2D eigenvalue weighted by atomic mass is 9.86. The lowest BCUT2D eigenvalue weighted by molar-refractivity contribution is 0.112. The van der Waals surface area contributed by atoms with Crippen molar-refractivity contribution < 1.29 is 4.79 Å². The van der Waals surface area contributed by atoms with E-state index in [2.05, 4.69) is 20.8 Å². The number of benzene rings is 1. The lowest BCUT2D eigenvalue weighted by Crippen LogP contribution is -2.11. The molecule has 0 radical (unpaired) electrons. The zero-order chi connectivity index (χ0) is 10.1. The Bertz CT molecular complexity index is 323. The minimum atomic E-state index is 0.0263. The number of hydrogen-bond acceptors (Lipinski definition) is 1. The maximum atomic E-state index is 10.5. The van der Waals surface area contributed by atoms with Crippen LogP contribution in [0.1, 0.15) is 36.7 Å². The molecule has 0 atom stereocenters. The number of halogens is 1. The fourth-order valence-electron chi connectivity index (χ4n) is 1.21. The summed E-state index contributed by atoms with van der Waals surface area (Å²) in [5, 5.41) is 0.664. The third-order valence-corrected chi connectivity index (χ3v) is 2.25. The Labute approximate surface area is 83.7 Å². The van der Waals surface area contributed by atoms with Gasteiger partial charge in [0.2, 0.25) is 0 Å². The number of carbonyl (C=O) groups is 1. The third-order valence-electron chi connectivity index (χ3n) is 1.94. The highest BCUT2D eigenvalue weighted by molar-refractivity contribution is 6.31. The second-order valence-electron chi connectivity index (χ2n) is 4.11. The molecule has 0 aliphatic heterocycles. The summed E-state index contributed by atoms with van der Waals surface area (Å²) >= 11 is 6.03. The summed E-state index contributed by atoms with van der Waals surface area (Å²) in [5.74, 6) is 0. The number of carbonyl (C=O) groups excluding carboxylic acids is 1. The van der Waals surface area contributed by atoms with Crippen molar-refractivity contribution in [1.82, 2.24) is 0 Å². The lowest BCUT2D eigenvalue weighted by Gasteiger charge is -2.20. The van der Waals surface area contributed by atoms with Crippen molar-refractivity contribution in [3.63, 3.8) is 0 Å². The molecule has 0 unspecified atom stereocenters. The van der Waals surface area contributed by atoms with Gasteiger partial charge in [0, 0.05) is 10.6 Å². The molecule has 0 N–H and O–H groups in total. The van der Waals surface area contributed by atoms with Crippen molar-refractivity contribution in [2.75, 3.05) is 0 Å². The van der Waals surface area contributed by atoms with Crippen LogP contribution in [0.5, 0.6) is 0 Å². The van der Waals surface area contributed by atoms with Crippen LogP contribution >= 0.6 is 11.6 Å². The Hall–Kier alpha value is -0.820. The summed E-state index contributed by atoms with van der Waals surface area (Å²) in [5.41, 5.74) is 1.72. The van der Waals surface area contributed by atoms with E-state index >= 15 is 0 Å². The van der Waals surface area contributed by atoms with Gasteiger partial charge in [0.05, 0.1) is 0 Å². The molecule has 0 spiro atoms. The summed E-state index contributed by atoms with van der Waals surface area (Å²) in [6.45, 7) is 6.28. The first-order chi connectivity index (χ1) is 5.95. The van der Waals surface area contributed by atoms with Crippen molar-refractivity contribution in [3.05, 3.63) is 34.3 Å². The van der Waals surface area contributed by atoms with Crippen molar-refractivity contribution in [2.24, 2.45) is 0 Å². The quantitative estimate of drug-likeness (QED) is 0.629. The molecule has 70 valence electrons. The Morgan fingerprint density at radius 3 is 2.31 bits per heavy atom. The zero-order valence-electron chi connectivity index (χ0n) is 8.10. The number of rotatable bonds is 1. The molecule has 0 saturated carbocycles. The van der Waals surface area contributed by atoms with Crippen LogP contribution in [0.15, 0.2) is 18.2 Å². The SMILES string of the molecule is CC(C)(C)c1ccc(C=O)cc1Cl. The largest absolute Gasteiger partial charge is 0.298 e. The van der Waals surface area contributed by atoms with E-state index in [0.29, 0.717) is 10.6 Å². The van der Waals surface area contributed by atoms with Gasteiger partial charge in [-0.1, -0.05) is 44.5 Å². The zero-order valence-corrected chi connectivity index (χ0v) is 8.85. The van der Waals surface area contributed by atoms with Gasteiger partial charge in [-0.15, -0.1) is 0 Å². The Morgan fingerprint density at radius 2 is 1.92 bits per heavy atom. The van der Waals surface area contributed by atoms with Gasteiger partial charge in [-0.05, 0) is 17.0 Å². The van der Waals surface area contributed by atoms with Gasteiger partial charge >= 0.3 is 0 Å². The first-order valence-electron chi connectivity index (χ1n) is 4.20. The summed E-state index contributed by atoms with van der Waals surface area (Å²) in [6.07, 6.45) is 0.804. The van der Waals surface area contributed by atoms with Gasteiger partial charge in [-0.2, -0.15) is 0 Å². The van der Waals surface area contributed by atoms with Crippen molar-refractivity contribution in [3.8, 4) is 0 Å². The molecular weight excluding hydrogens is 184 g/mol. The molecule has 1 aromatic carbocycles. The van der Waals surface area contributed by atoms with Gasteiger partial charge in [0.15, 0.2) is 0 Å². The van der Waals surface area contributed by atoms with Crippen LogP contribution in [-0.2, 0) is 5.41 Å². The fraction of sp³-hybridized carbons (Fsp3) is 0.364. The molecule has 0 saturated heterocycles. The smallest absolute Gasteiger partial charge is 0.150 e. The molecule has 1 aromatic rings. The third kappa shape index (κ3) is 2.31. The fourth-order valence-corrected chi connectivity index (χ4v) is 1.69. The van der Waals surface area contributed by atoms with Crippen LogP contribution in [0.4, 0.5) is 0 Å². The predicted molar refractivity (Wildman–Crippen MR) is 55.5 cm³/mol. The highest BCUT2D eigenvalue weighted by atomic mass is 35.5. The number of hydrogen-bond donors (Lipinski definition) is 0. The van der Waals surface area contributed by atoms with Crippen molar-refractivity contribution in [1.29, 1.82) is 0 Å². The Morgan fingerprint density at radius 1 is 1.31 bits per heavy atom. The highest BCUT2D eigenvalue weighted by Crippen LogP contribution is 2.29. The maximum Gasteiger partial charge on any atom is 0.150 e. The van der Waals surface area contributed by atoms with E-state index < -0.39 is 0 Å². The maximum absolute atomic E-state index is 10.5. The topological polar surface area (TPSA) is 17.1 Å². The molecule has 0 fully saturated rings. The molecular formula is C11H13ClO. The normalized spacial score (nSPS) is 11.4. The number of aldehydes is 1. The van der Waals surface area contributed by atoms with E-state index in [9.17, 15) is 4.79 Å². The molecule has 0 aliphatic rings. The van der Waals surface area contributed by atoms with Crippen LogP contribution in [0.2, 0.25) is 5.02 Å². The summed E-state index contributed by atoms with van der Waals surface area (Å²) < 4.78 is 0. The van der Waals surface area contributed by atoms with Gasteiger partial charge in [0.25, 0.3) is 0 Å². The molecule has 0 amide bonds. The van der Waals surface area contributed by atoms with Crippen LogP contribution in [0, 0.1) is 0 Å². The average Bonchev–Trinajstić information content (AvgIpc) is 2.01. The molecule has 13 heavy (non-hydrogen) atoms. The molecule has 1 nitrogen and oxygen atoms in total. The van der Waals surface area contributed by atoms with E-state index in [4.69, 9.17) is 11.6 Å². The molecule has 0 aliphatic carbocycles. The van der Waals surface area contributed by atoms with Gasteiger partial charge in [-0.3, -0.25) is 4.79 Å². The molecule has 2 heteroatoms. The second kappa shape index (κ2) is 3.51. The van der Waals surface area contributed by atoms with E-state index in [1.54, 1.807) is 12.1 Å². The van der Waals surface area contributed by atoms with Gasteiger partial charge in [-0.25, -0.2) is 0 Å². The second-order valence-corrected chi connectivity index (χ2v) is 4.51. The van der Waals surface area contributed by atoms with Crippen LogP contribution in [-0.4, -0.2) is 6.29 Å². The minimum Gasteiger partial charge on any atom is -0.298 e. The van der Waals surface area contributed by atoms with E-state index in [-0.39, 0.29) is 5.41 Å². The Kier molecular flexibility index (Phi) is 2.77.